The first-order valence-corrected chi connectivity index (χ1v) is 2.33. The van der Waals surface area contributed by atoms with Crippen LogP contribution in [-0.4, -0.2) is 25.8 Å². The molecule has 1 nitrogen and oxygen atoms in total. The van der Waals surface area contributed by atoms with Crippen molar-refractivity contribution in [2.24, 2.45) is 0 Å². The lowest BCUT2D eigenvalue weighted by Crippen LogP contribution is -2.28. The summed E-state index contributed by atoms with van der Waals surface area (Å²) in [6.45, 7) is -3.87. The summed E-state index contributed by atoms with van der Waals surface area (Å²) in [6.07, 6.45) is -6.98. The van der Waals surface area contributed by atoms with Crippen molar-refractivity contribution in [1.29, 1.82) is 0 Å². The molecule has 0 heterocycles. The third-order valence-electron chi connectivity index (χ3n) is 0.577. The summed E-state index contributed by atoms with van der Waals surface area (Å²) in [5.41, 5.74) is 0. The van der Waals surface area contributed by atoms with E-state index in [0.29, 0.717) is 0 Å². The summed E-state index contributed by atoms with van der Waals surface area (Å²) < 4.78 is 59.9. The average Bonchev–Trinajstić information content (AvgIpc) is 1.87. The lowest BCUT2D eigenvalue weighted by Gasteiger charge is -2.13. The van der Waals surface area contributed by atoms with Gasteiger partial charge in [0.25, 0.3) is 0 Å². The molecule has 0 rings (SSSR count). The molecule has 0 saturated heterocycles. The molecule has 6 heteroatoms. The molecule has 0 bridgehead atoms. The van der Waals surface area contributed by atoms with E-state index < -0.39 is 25.8 Å². The predicted octanol–water partition coefficient (Wildman–Crippen LogP) is 1.83. The van der Waals surface area contributed by atoms with E-state index in [-0.39, 0.29) is 0 Å². The quantitative estimate of drug-likeness (QED) is 0.576. The molecule has 0 amide bonds. The van der Waals surface area contributed by atoms with Crippen LogP contribution in [0.4, 0.5) is 22.0 Å². The summed E-state index contributed by atoms with van der Waals surface area (Å²) in [6, 6.07) is 0. The van der Waals surface area contributed by atoms with E-state index in [1.165, 1.54) is 0 Å². The van der Waals surface area contributed by atoms with Gasteiger partial charge in [-0.3, -0.25) is 4.74 Å². The Morgan fingerprint density at radius 1 is 1.30 bits per heavy atom. The maximum atomic E-state index is 11.6. The van der Waals surface area contributed by atoms with Gasteiger partial charge in [0.15, 0.2) is 6.67 Å². The second-order valence-electron chi connectivity index (χ2n) is 1.45. The Morgan fingerprint density at radius 2 is 1.80 bits per heavy atom. The molecule has 0 aromatic carbocycles. The van der Waals surface area contributed by atoms with Crippen molar-refractivity contribution in [3.05, 3.63) is 0 Å². The number of ether oxygens (including phenoxy) is 1. The first kappa shape index (κ1) is 9.61. The monoisotopic (exact) mass is 164 g/mol. The highest BCUT2D eigenvalue weighted by atomic mass is 19.3. The van der Waals surface area contributed by atoms with Crippen LogP contribution in [-0.2, 0) is 4.74 Å². The number of alkyl halides is 5. The fourth-order valence-corrected chi connectivity index (χ4v) is 0.250. The Kier molecular flexibility index (Phi) is 3.55. The van der Waals surface area contributed by atoms with E-state index in [4.69, 9.17) is 0 Å². The van der Waals surface area contributed by atoms with Gasteiger partial charge >= 0.3 is 6.11 Å². The van der Waals surface area contributed by atoms with Crippen LogP contribution in [0.15, 0.2) is 0 Å². The summed E-state index contributed by atoms with van der Waals surface area (Å²) in [5.74, 6) is 0. The molecule has 0 aromatic heterocycles. The van der Waals surface area contributed by atoms with Crippen LogP contribution in [0.1, 0.15) is 0 Å². The Labute approximate surface area is 53.8 Å². The van der Waals surface area contributed by atoms with Crippen molar-refractivity contribution in [2.75, 3.05) is 13.3 Å². The first-order chi connectivity index (χ1) is 4.52. The summed E-state index contributed by atoms with van der Waals surface area (Å²) in [7, 11) is 0. The molecule has 0 aliphatic rings. The van der Waals surface area contributed by atoms with Gasteiger partial charge in [-0.15, -0.1) is 0 Å². The van der Waals surface area contributed by atoms with Crippen molar-refractivity contribution >= 4 is 0 Å². The Balaban J connectivity index is 3.64. The lowest BCUT2D eigenvalue weighted by molar-refractivity contribution is -0.295. The smallest absolute Gasteiger partial charge is 0.281 e. The zero-order valence-electron chi connectivity index (χ0n) is 4.79. The molecule has 0 radical (unpaired) electrons. The van der Waals surface area contributed by atoms with Gasteiger partial charge in [-0.2, -0.15) is 8.78 Å². The molecule has 0 aliphatic carbocycles. The minimum Gasteiger partial charge on any atom is -0.281 e. The van der Waals surface area contributed by atoms with Gasteiger partial charge in [0.1, 0.15) is 6.67 Å². The molecule has 0 aromatic rings. The Bertz CT molecular complexity index is 95.6. The van der Waals surface area contributed by atoms with Gasteiger partial charge in [-0.1, -0.05) is 0 Å². The van der Waals surface area contributed by atoms with Crippen LogP contribution in [0.2, 0.25) is 0 Å². The average molecular weight is 164 g/mol. The Morgan fingerprint density at radius 3 is 2.10 bits per heavy atom. The number of hydrogen-bond donors (Lipinski definition) is 0. The van der Waals surface area contributed by atoms with Crippen LogP contribution >= 0.6 is 0 Å². The zero-order chi connectivity index (χ0) is 8.20. The lowest BCUT2D eigenvalue weighted by atomic mass is 10.6. The molecule has 0 N–H and O–H groups in total. The maximum Gasteiger partial charge on any atom is 0.386 e. The molecule has 10 heavy (non-hydrogen) atoms. The number of hydrogen-bond acceptors (Lipinski definition) is 1. The third kappa shape index (κ3) is 3.60. The third-order valence-corrected chi connectivity index (χ3v) is 0.577. The van der Waals surface area contributed by atoms with Gasteiger partial charge in [-0.05, 0) is 0 Å². The fraction of sp³-hybridized carbons (Fsp3) is 1.00. The van der Waals surface area contributed by atoms with Gasteiger partial charge in [-0.25, -0.2) is 13.2 Å². The summed E-state index contributed by atoms with van der Waals surface area (Å²) in [4.78, 5) is 0. The molecule has 1 unspecified atom stereocenters. The van der Waals surface area contributed by atoms with Crippen LogP contribution in [0.25, 0.3) is 0 Å². The molecule has 62 valence electrons. The van der Waals surface area contributed by atoms with Crippen LogP contribution in [0, 0.1) is 0 Å². The SMILES string of the molecule is FCC(F)OC(F)(F)CF. The van der Waals surface area contributed by atoms with Crippen LogP contribution in [0.3, 0.4) is 0 Å². The normalized spacial score (nSPS) is 15.3. The Hall–Kier alpha value is -0.390. The number of rotatable bonds is 4. The molecule has 0 aliphatic heterocycles. The minimum atomic E-state index is -4.22. The van der Waals surface area contributed by atoms with E-state index in [1.807, 2.05) is 0 Å². The molecular weight excluding hydrogens is 159 g/mol. The van der Waals surface area contributed by atoms with E-state index >= 15 is 0 Å². The van der Waals surface area contributed by atoms with Crippen LogP contribution in [0.5, 0.6) is 0 Å². The van der Waals surface area contributed by atoms with E-state index in [1.54, 1.807) is 0 Å². The topological polar surface area (TPSA) is 9.23 Å². The van der Waals surface area contributed by atoms with Crippen molar-refractivity contribution in [2.45, 2.75) is 12.5 Å². The highest BCUT2D eigenvalue weighted by molar-refractivity contribution is 4.49. The molecule has 1 atom stereocenters. The highest BCUT2D eigenvalue weighted by Crippen LogP contribution is 2.18. The molecular formula is C4H5F5O. The fourth-order valence-electron chi connectivity index (χ4n) is 0.250. The minimum absolute atomic E-state index is 1.71. The highest BCUT2D eigenvalue weighted by Gasteiger charge is 2.33. The van der Waals surface area contributed by atoms with Gasteiger partial charge < -0.3 is 0 Å². The molecule has 0 spiro atoms. The maximum absolute atomic E-state index is 11.6. The largest absolute Gasteiger partial charge is 0.386 e. The van der Waals surface area contributed by atoms with Gasteiger partial charge in [0.2, 0.25) is 6.36 Å². The predicted molar refractivity (Wildman–Crippen MR) is 22.9 cm³/mol. The van der Waals surface area contributed by atoms with E-state index in [9.17, 15) is 22.0 Å². The van der Waals surface area contributed by atoms with Gasteiger partial charge in [0, 0.05) is 0 Å². The second-order valence-corrected chi connectivity index (χ2v) is 1.45. The molecule has 0 saturated carbocycles. The standard InChI is InChI=1S/C4H5F5O/c5-1-3(7)10-4(8,9)2-6/h3H,1-2H2. The first-order valence-electron chi connectivity index (χ1n) is 2.33. The van der Waals surface area contributed by atoms with Gasteiger partial charge in [0.05, 0.1) is 0 Å². The number of halogens is 5. The van der Waals surface area contributed by atoms with Crippen molar-refractivity contribution in [3.8, 4) is 0 Å². The van der Waals surface area contributed by atoms with E-state index in [2.05, 4.69) is 4.74 Å². The molecule has 0 fully saturated rings. The van der Waals surface area contributed by atoms with E-state index in [0.717, 1.165) is 0 Å². The summed E-state index contributed by atoms with van der Waals surface area (Å²) >= 11 is 0. The zero-order valence-corrected chi connectivity index (χ0v) is 4.79. The van der Waals surface area contributed by atoms with Crippen molar-refractivity contribution < 1.29 is 26.7 Å². The van der Waals surface area contributed by atoms with Crippen molar-refractivity contribution in [1.82, 2.24) is 0 Å². The second kappa shape index (κ2) is 3.70. The summed E-state index contributed by atoms with van der Waals surface area (Å²) in [5, 5.41) is 0. The van der Waals surface area contributed by atoms with Crippen molar-refractivity contribution in [3.63, 3.8) is 0 Å². The van der Waals surface area contributed by atoms with Crippen LogP contribution < -0.4 is 0 Å².